The van der Waals surface area contributed by atoms with E-state index in [2.05, 4.69) is 11.6 Å². The molecule has 10 heteroatoms. The average molecular weight is 464 g/mol. The molecule has 0 saturated heterocycles. The first-order valence-electron chi connectivity index (χ1n) is 10.9. The zero-order chi connectivity index (χ0) is 22.7. The molecule has 0 spiro atoms. The van der Waals surface area contributed by atoms with E-state index >= 15 is 0 Å². The van der Waals surface area contributed by atoms with Crippen molar-refractivity contribution in [2.45, 2.75) is 56.8 Å². The first-order chi connectivity index (χ1) is 15.0. The summed E-state index contributed by atoms with van der Waals surface area (Å²) in [5.41, 5.74) is 0. The molecule has 0 atom stereocenters. The summed E-state index contributed by atoms with van der Waals surface area (Å²) in [7, 11) is 0. The first-order valence-corrected chi connectivity index (χ1v) is 12.2. The highest BCUT2D eigenvalue weighted by Gasteiger charge is 2.23. The van der Waals surface area contributed by atoms with Crippen LogP contribution < -0.4 is 5.32 Å². The number of rotatable bonds is 17. The lowest BCUT2D eigenvalue weighted by Crippen LogP contribution is -2.33. The molecule has 1 N–H and O–H groups in total. The summed E-state index contributed by atoms with van der Waals surface area (Å²) >= 11 is 1.89. The summed E-state index contributed by atoms with van der Waals surface area (Å²) in [6.07, 6.45) is 6.15. The Labute approximate surface area is 189 Å². The number of ether oxygens (including phenoxy) is 5. The number of hydrogen-bond acceptors (Lipinski definition) is 9. The summed E-state index contributed by atoms with van der Waals surface area (Å²) < 4.78 is 26.4. The normalized spacial score (nSPS) is 18.4. The molecule has 0 radical (unpaired) electrons. The van der Waals surface area contributed by atoms with Gasteiger partial charge in [0.25, 0.3) is 0 Å². The summed E-state index contributed by atoms with van der Waals surface area (Å²) in [5.74, 6) is -0.430. The molecule has 0 aromatic carbocycles. The molecular weight excluding hydrogens is 426 g/mol. The Morgan fingerprint density at radius 2 is 1.42 bits per heavy atom. The van der Waals surface area contributed by atoms with Gasteiger partial charge in [-0.3, -0.25) is 4.79 Å². The monoisotopic (exact) mass is 463 g/mol. The molecule has 0 aromatic heterocycles. The average Bonchev–Trinajstić information content (AvgIpc) is 2.76. The molecule has 180 valence electrons. The van der Waals surface area contributed by atoms with Gasteiger partial charge in [-0.25, -0.2) is 4.79 Å². The second-order valence-corrected chi connectivity index (χ2v) is 8.36. The minimum absolute atomic E-state index is 0.0266. The second-order valence-electron chi connectivity index (χ2n) is 7.23. The van der Waals surface area contributed by atoms with Crippen LogP contribution >= 0.6 is 11.8 Å². The first kappa shape index (κ1) is 27.7. The summed E-state index contributed by atoms with van der Waals surface area (Å²) in [6, 6.07) is 0. The zero-order valence-electron chi connectivity index (χ0n) is 18.7. The Morgan fingerprint density at radius 1 is 0.839 bits per heavy atom. The topological polar surface area (TPSA) is 109 Å². The fourth-order valence-electron chi connectivity index (χ4n) is 2.91. The number of hydrogen-bond donors (Lipinski definition) is 1. The van der Waals surface area contributed by atoms with Gasteiger partial charge in [0.15, 0.2) is 0 Å². The molecule has 1 saturated carbocycles. The third-order valence-electron chi connectivity index (χ3n) is 4.66. The third-order valence-corrected chi connectivity index (χ3v) is 5.80. The third kappa shape index (κ3) is 16.0. The number of Topliss-reactive ketones (excluding diaryl/α,β-unsaturated/α-hetero) is 1. The van der Waals surface area contributed by atoms with E-state index in [0.717, 1.165) is 25.7 Å². The van der Waals surface area contributed by atoms with Crippen LogP contribution in [0.1, 0.15) is 45.4 Å². The molecule has 31 heavy (non-hydrogen) atoms. The zero-order valence-corrected chi connectivity index (χ0v) is 19.5. The van der Waals surface area contributed by atoms with Gasteiger partial charge >= 0.3 is 12.1 Å². The van der Waals surface area contributed by atoms with E-state index in [1.165, 1.54) is 6.92 Å². The number of esters is 1. The lowest BCUT2D eigenvalue weighted by atomic mass is 9.97. The number of amides is 1. The molecule has 0 heterocycles. The molecule has 0 bridgehead atoms. The van der Waals surface area contributed by atoms with Crippen molar-refractivity contribution in [3.63, 3.8) is 0 Å². The molecule has 1 aliphatic rings. The molecule has 0 unspecified atom stereocenters. The van der Waals surface area contributed by atoms with E-state index in [-0.39, 0.29) is 44.0 Å². The number of ketones is 1. The van der Waals surface area contributed by atoms with Crippen molar-refractivity contribution in [3.8, 4) is 0 Å². The summed E-state index contributed by atoms with van der Waals surface area (Å²) in [4.78, 5) is 33.8. The Morgan fingerprint density at radius 3 is 2.00 bits per heavy atom. The second kappa shape index (κ2) is 18.2. The highest BCUT2D eigenvalue weighted by atomic mass is 32.2. The molecule has 1 aliphatic carbocycles. The predicted molar refractivity (Wildman–Crippen MR) is 117 cm³/mol. The minimum atomic E-state index is -0.395. The number of thioether (sulfide) groups is 1. The van der Waals surface area contributed by atoms with Crippen LogP contribution in [0.15, 0.2) is 0 Å². The Balaban J connectivity index is 1.80. The van der Waals surface area contributed by atoms with E-state index in [0.29, 0.717) is 44.8 Å². The Bertz CT molecular complexity index is 512. The van der Waals surface area contributed by atoms with Gasteiger partial charge in [0, 0.05) is 18.2 Å². The van der Waals surface area contributed by atoms with E-state index in [4.69, 9.17) is 23.7 Å². The fraction of sp³-hybridized carbons (Fsp3) is 0.857. The lowest BCUT2D eigenvalue weighted by Gasteiger charge is -2.27. The number of carbonyl (C=O) groups is 3. The van der Waals surface area contributed by atoms with E-state index in [1.807, 2.05) is 11.8 Å². The van der Waals surface area contributed by atoms with Crippen molar-refractivity contribution in [2.24, 2.45) is 0 Å². The van der Waals surface area contributed by atoms with Gasteiger partial charge < -0.3 is 33.8 Å². The van der Waals surface area contributed by atoms with Crippen LogP contribution in [0.4, 0.5) is 4.79 Å². The fourth-order valence-corrected chi connectivity index (χ4v) is 3.65. The van der Waals surface area contributed by atoms with Crippen LogP contribution in [0.25, 0.3) is 0 Å². The highest BCUT2D eigenvalue weighted by molar-refractivity contribution is 7.99. The standard InChI is InChI=1S/C21H37NO8S/c1-17(23)3-8-20(24)29-16-15-28-14-13-27-12-11-26-10-9-22-21(25)30-18-4-6-19(31-2)7-5-18/h18-19H,3-16H2,1-2H3,(H,22,25). The van der Waals surface area contributed by atoms with Crippen LogP contribution in [-0.4, -0.2) is 88.2 Å². The van der Waals surface area contributed by atoms with E-state index < -0.39 is 5.97 Å². The van der Waals surface area contributed by atoms with E-state index in [1.54, 1.807) is 0 Å². The van der Waals surface area contributed by atoms with E-state index in [9.17, 15) is 14.4 Å². The van der Waals surface area contributed by atoms with Gasteiger partial charge in [-0.15, -0.1) is 0 Å². The lowest BCUT2D eigenvalue weighted by molar-refractivity contribution is -0.146. The Hall–Kier alpha value is -1.36. The van der Waals surface area contributed by atoms with Gasteiger partial charge in [-0.05, 0) is 38.9 Å². The van der Waals surface area contributed by atoms with Crippen molar-refractivity contribution >= 4 is 29.6 Å². The van der Waals surface area contributed by atoms with Crippen LogP contribution in [0.5, 0.6) is 0 Å². The highest BCUT2D eigenvalue weighted by Crippen LogP contribution is 2.28. The van der Waals surface area contributed by atoms with Crippen LogP contribution in [0.2, 0.25) is 0 Å². The van der Waals surface area contributed by atoms with Crippen LogP contribution in [0, 0.1) is 0 Å². The van der Waals surface area contributed by atoms with Gasteiger partial charge in [0.2, 0.25) is 0 Å². The quantitative estimate of drug-likeness (QED) is 0.257. The van der Waals surface area contributed by atoms with Crippen molar-refractivity contribution in [1.82, 2.24) is 5.32 Å². The van der Waals surface area contributed by atoms with Gasteiger partial charge in [0.05, 0.1) is 46.1 Å². The summed E-state index contributed by atoms with van der Waals surface area (Å²) in [5, 5.41) is 3.40. The number of carbonyl (C=O) groups excluding carboxylic acids is 3. The molecule has 9 nitrogen and oxygen atoms in total. The number of alkyl carbamates (subject to hydrolysis) is 1. The van der Waals surface area contributed by atoms with Crippen LogP contribution in [-0.2, 0) is 33.3 Å². The molecule has 0 aromatic rings. The molecule has 0 aliphatic heterocycles. The maximum absolute atomic E-state index is 11.8. The van der Waals surface area contributed by atoms with Gasteiger partial charge in [-0.1, -0.05) is 0 Å². The maximum atomic E-state index is 11.8. The molecular formula is C21H37NO8S. The smallest absolute Gasteiger partial charge is 0.407 e. The molecule has 1 fully saturated rings. The van der Waals surface area contributed by atoms with Gasteiger partial charge in [0.1, 0.15) is 18.5 Å². The Kier molecular flexibility index (Phi) is 16.3. The molecule has 1 rings (SSSR count). The largest absolute Gasteiger partial charge is 0.463 e. The van der Waals surface area contributed by atoms with Crippen LogP contribution in [0.3, 0.4) is 0 Å². The van der Waals surface area contributed by atoms with Crippen molar-refractivity contribution in [2.75, 3.05) is 59.0 Å². The predicted octanol–water partition coefficient (Wildman–Crippen LogP) is 2.35. The SMILES string of the molecule is CSC1CCC(OC(=O)NCCOCCOCCOCCOC(=O)CCC(C)=O)CC1. The number of nitrogens with one attached hydrogen (secondary N) is 1. The molecule has 1 amide bonds. The van der Waals surface area contributed by atoms with Crippen molar-refractivity contribution < 1.29 is 38.1 Å². The minimum Gasteiger partial charge on any atom is -0.463 e. The maximum Gasteiger partial charge on any atom is 0.407 e. The van der Waals surface area contributed by atoms with Crippen molar-refractivity contribution in [3.05, 3.63) is 0 Å². The van der Waals surface area contributed by atoms with Crippen molar-refractivity contribution in [1.29, 1.82) is 0 Å². The summed E-state index contributed by atoms with van der Waals surface area (Å²) in [6.45, 7) is 4.31. The van der Waals surface area contributed by atoms with Gasteiger partial charge in [-0.2, -0.15) is 11.8 Å².